The fraction of sp³-hybridized carbons (Fsp3) is 0.300. The topological polar surface area (TPSA) is 68.0 Å². The molecule has 0 unspecified atom stereocenters. The van der Waals surface area contributed by atoms with Crippen molar-refractivity contribution in [2.24, 2.45) is 5.92 Å². The molecule has 3 N–H and O–H groups in total. The minimum Gasteiger partial charge on any atom is -0.399 e. The number of nitrogens with zero attached hydrogens (tertiary/aromatic N) is 1. The van der Waals surface area contributed by atoms with Crippen LogP contribution in [0.1, 0.15) is 36.4 Å². The van der Waals surface area contributed by atoms with Crippen molar-refractivity contribution in [2.45, 2.75) is 33.0 Å². The van der Waals surface area contributed by atoms with Crippen molar-refractivity contribution in [1.82, 2.24) is 10.3 Å². The van der Waals surface area contributed by atoms with Gasteiger partial charge in [-0.25, -0.2) is 4.98 Å². The fourth-order valence-electron chi connectivity index (χ4n) is 2.42. The number of anilines is 1. The zero-order chi connectivity index (χ0) is 20.0. The lowest BCUT2D eigenvalue weighted by molar-refractivity contribution is -0.141. The first-order valence-electron chi connectivity index (χ1n) is 8.52. The van der Waals surface area contributed by atoms with Crippen LogP contribution in [0.5, 0.6) is 0 Å². The van der Waals surface area contributed by atoms with Gasteiger partial charge in [-0.3, -0.25) is 4.79 Å². The standard InChI is InChI=1S/C20H22F3N3O/c1-13(2)11-17-15(5-9-18(26-17)20(21,22)23)6-10-19(27)25-12-14-3-7-16(24)8-4-14/h3-10,13H,11-12,24H2,1-2H3,(H,25,27)/b10-6+. The van der Waals surface area contributed by atoms with Crippen molar-refractivity contribution in [3.05, 3.63) is 65.0 Å². The van der Waals surface area contributed by atoms with Crippen molar-refractivity contribution in [1.29, 1.82) is 0 Å². The third-order valence-corrected chi connectivity index (χ3v) is 3.76. The van der Waals surface area contributed by atoms with E-state index in [0.29, 0.717) is 29.9 Å². The van der Waals surface area contributed by atoms with Gasteiger partial charge in [-0.2, -0.15) is 13.2 Å². The zero-order valence-electron chi connectivity index (χ0n) is 15.2. The maximum Gasteiger partial charge on any atom is 0.433 e. The molecule has 0 saturated heterocycles. The molecule has 2 aromatic rings. The minimum atomic E-state index is -4.50. The van der Waals surface area contributed by atoms with Crippen molar-refractivity contribution < 1.29 is 18.0 Å². The average molecular weight is 377 g/mol. The molecule has 2 rings (SSSR count). The van der Waals surface area contributed by atoms with Gasteiger partial charge in [0.05, 0.1) is 0 Å². The number of pyridine rings is 1. The Morgan fingerprint density at radius 3 is 2.44 bits per heavy atom. The molecule has 1 heterocycles. The quantitative estimate of drug-likeness (QED) is 0.585. The SMILES string of the molecule is CC(C)Cc1nc(C(F)(F)F)ccc1/C=C/C(=O)NCc1ccc(N)cc1. The second-order valence-corrected chi connectivity index (χ2v) is 6.62. The van der Waals surface area contributed by atoms with Crippen LogP contribution in [0, 0.1) is 5.92 Å². The number of carbonyl (C=O) groups is 1. The molecule has 4 nitrogen and oxygen atoms in total. The molecule has 0 aliphatic rings. The van der Waals surface area contributed by atoms with Crippen LogP contribution >= 0.6 is 0 Å². The van der Waals surface area contributed by atoms with Crippen molar-refractivity contribution in [3.8, 4) is 0 Å². The number of aromatic nitrogens is 1. The number of amides is 1. The summed E-state index contributed by atoms with van der Waals surface area (Å²) in [5.74, 6) is -0.213. The molecule has 27 heavy (non-hydrogen) atoms. The second kappa shape index (κ2) is 8.70. The zero-order valence-corrected chi connectivity index (χ0v) is 15.2. The van der Waals surface area contributed by atoms with Gasteiger partial charge in [-0.15, -0.1) is 0 Å². The molecule has 0 fully saturated rings. The highest BCUT2D eigenvalue weighted by atomic mass is 19.4. The number of nitrogens with two attached hydrogens (primary N) is 1. The normalized spacial score (nSPS) is 11.9. The van der Waals surface area contributed by atoms with Gasteiger partial charge in [0.2, 0.25) is 5.91 Å². The van der Waals surface area contributed by atoms with E-state index in [-0.39, 0.29) is 11.8 Å². The molecule has 0 atom stereocenters. The molecule has 144 valence electrons. The summed E-state index contributed by atoms with van der Waals surface area (Å²) in [6.07, 6.45) is -1.32. The lowest BCUT2D eigenvalue weighted by atomic mass is 10.0. The van der Waals surface area contributed by atoms with Gasteiger partial charge in [-0.1, -0.05) is 32.0 Å². The number of rotatable bonds is 6. The molecular weight excluding hydrogens is 355 g/mol. The van der Waals surface area contributed by atoms with Gasteiger partial charge in [0.25, 0.3) is 0 Å². The van der Waals surface area contributed by atoms with E-state index in [4.69, 9.17) is 5.73 Å². The summed E-state index contributed by atoms with van der Waals surface area (Å²) in [4.78, 5) is 15.7. The number of hydrogen-bond acceptors (Lipinski definition) is 3. The molecule has 0 aliphatic carbocycles. The summed E-state index contributed by atoms with van der Waals surface area (Å²) in [5.41, 5.74) is 7.03. The van der Waals surface area contributed by atoms with E-state index in [0.717, 1.165) is 11.6 Å². The van der Waals surface area contributed by atoms with Crippen molar-refractivity contribution >= 4 is 17.7 Å². The summed E-state index contributed by atoms with van der Waals surface area (Å²) in [6.45, 7) is 4.12. The number of nitrogens with one attached hydrogen (secondary N) is 1. The van der Waals surface area contributed by atoms with Crippen LogP contribution in [0.15, 0.2) is 42.5 Å². The first-order valence-corrected chi connectivity index (χ1v) is 8.52. The number of carbonyl (C=O) groups excluding carboxylic acids is 1. The van der Waals surface area contributed by atoms with Crippen molar-refractivity contribution in [2.75, 3.05) is 5.73 Å². The van der Waals surface area contributed by atoms with E-state index in [1.807, 2.05) is 13.8 Å². The molecule has 7 heteroatoms. The first kappa shape index (κ1) is 20.5. The molecule has 1 aromatic carbocycles. The molecule has 0 aliphatic heterocycles. The highest BCUT2D eigenvalue weighted by molar-refractivity contribution is 5.91. The summed E-state index contributed by atoms with van der Waals surface area (Å²) in [7, 11) is 0. The fourth-order valence-corrected chi connectivity index (χ4v) is 2.42. The van der Waals surface area contributed by atoms with Crippen LogP contribution in [-0.4, -0.2) is 10.9 Å². The Morgan fingerprint density at radius 2 is 1.85 bits per heavy atom. The maximum atomic E-state index is 12.9. The first-order chi connectivity index (χ1) is 12.6. The van der Waals surface area contributed by atoms with Crippen LogP contribution in [0.3, 0.4) is 0 Å². The van der Waals surface area contributed by atoms with Gasteiger partial charge >= 0.3 is 6.18 Å². The number of halogens is 3. The highest BCUT2D eigenvalue weighted by Crippen LogP contribution is 2.29. The molecule has 1 aromatic heterocycles. The predicted octanol–water partition coefficient (Wildman–Crippen LogP) is 4.21. The summed E-state index contributed by atoms with van der Waals surface area (Å²) in [5, 5.41) is 2.72. The number of benzene rings is 1. The molecule has 1 amide bonds. The van der Waals surface area contributed by atoms with E-state index in [2.05, 4.69) is 10.3 Å². The third-order valence-electron chi connectivity index (χ3n) is 3.76. The molecule has 0 radical (unpaired) electrons. The van der Waals surface area contributed by atoms with Gasteiger partial charge in [0.15, 0.2) is 0 Å². The summed E-state index contributed by atoms with van der Waals surface area (Å²) in [6, 6.07) is 9.36. The van der Waals surface area contributed by atoms with Crippen LogP contribution in [0.2, 0.25) is 0 Å². The monoisotopic (exact) mass is 377 g/mol. The lowest BCUT2D eigenvalue weighted by Crippen LogP contribution is -2.20. The molecular formula is C20H22F3N3O. The molecule has 0 bridgehead atoms. The Morgan fingerprint density at radius 1 is 1.19 bits per heavy atom. The summed E-state index contributed by atoms with van der Waals surface area (Å²) >= 11 is 0. The van der Waals surface area contributed by atoms with Crippen LogP contribution in [0.25, 0.3) is 6.08 Å². The van der Waals surface area contributed by atoms with Crippen LogP contribution in [-0.2, 0) is 23.9 Å². The van der Waals surface area contributed by atoms with Gasteiger partial charge < -0.3 is 11.1 Å². The van der Waals surface area contributed by atoms with Crippen LogP contribution < -0.4 is 11.1 Å². The molecule has 0 spiro atoms. The Balaban J connectivity index is 2.09. The number of alkyl halides is 3. The van der Waals surface area contributed by atoms with Gasteiger partial charge in [-0.05, 0) is 47.7 Å². The third kappa shape index (κ3) is 6.44. The van der Waals surface area contributed by atoms with E-state index < -0.39 is 11.9 Å². The van der Waals surface area contributed by atoms with Crippen molar-refractivity contribution in [3.63, 3.8) is 0 Å². The Hall–Kier alpha value is -2.83. The predicted molar refractivity (Wildman–Crippen MR) is 99.5 cm³/mol. The lowest BCUT2D eigenvalue weighted by Gasteiger charge is -2.12. The minimum absolute atomic E-state index is 0.132. The highest BCUT2D eigenvalue weighted by Gasteiger charge is 2.32. The maximum absolute atomic E-state index is 12.9. The van der Waals surface area contributed by atoms with E-state index in [1.54, 1.807) is 24.3 Å². The number of hydrogen-bond donors (Lipinski definition) is 2. The van der Waals surface area contributed by atoms with E-state index >= 15 is 0 Å². The smallest absolute Gasteiger partial charge is 0.399 e. The summed E-state index contributed by atoms with van der Waals surface area (Å²) < 4.78 is 38.7. The van der Waals surface area contributed by atoms with Crippen LogP contribution in [0.4, 0.5) is 18.9 Å². The Bertz CT molecular complexity index is 812. The average Bonchev–Trinajstić information content (AvgIpc) is 2.58. The Labute approximate surface area is 156 Å². The van der Waals surface area contributed by atoms with E-state index in [1.165, 1.54) is 18.2 Å². The van der Waals surface area contributed by atoms with Gasteiger partial charge in [0, 0.05) is 24.0 Å². The largest absolute Gasteiger partial charge is 0.433 e. The van der Waals surface area contributed by atoms with E-state index in [9.17, 15) is 18.0 Å². The van der Waals surface area contributed by atoms with Gasteiger partial charge in [0.1, 0.15) is 5.69 Å². The molecule has 0 saturated carbocycles. The second-order valence-electron chi connectivity index (χ2n) is 6.62. The number of nitrogen functional groups attached to an aromatic ring is 1. The Kier molecular flexibility index (Phi) is 6.60.